The molecule has 0 bridgehead atoms. The summed E-state index contributed by atoms with van der Waals surface area (Å²) in [5.41, 5.74) is 2.75. The zero-order valence-corrected chi connectivity index (χ0v) is 13.9. The third-order valence-electron chi connectivity index (χ3n) is 4.41. The molecular weight excluding hydrogens is 322 g/mol. The molecule has 124 valence electrons. The van der Waals surface area contributed by atoms with Crippen molar-refractivity contribution in [2.75, 3.05) is 5.32 Å². The van der Waals surface area contributed by atoms with Gasteiger partial charge in [-0.1, -0.05) is 54.6 Å². The van der Waals surface area contributed by atoms with E-state index in [0.717, 1.165) is 33.6 Å². The summed E-state index contributed by atoms with van der Waals surface area (Å²) in [4.78, 5) is 8.87. The predicted octanol–water partition coefficient (Wildman–Crippen LogP) is 4.71. The normalized spacial score (nSPS) is 11.1. The summed E-state index contributed by atoms with van der Waals surface area (Å²) < 4.78 is 1.82. The second-order valence-corrected chi connectivity index (χ2v) is 6.00. The lowest BCUT2D eigenvalue weighted by Gasteiger charge is -2.10. The van der Waals surface area contributed by atoms with E-state index in [-0.39, 0.29) is 0 Å². The highest BCUT2D eigenvalue weighted by molar-refractivity contribution is 5.98. The first-order valence-electron chi connectivity index (χ1n) is 8.39. The molecule has 0 aliphatic carbocycles. The van der Waals surface area contributed by atoms with Crippen LogP contribution in [0.15, 0.2) is 85.3 Å². The summed E-state index contributed by atoms with van der Waals surface area (Å²) in [6.07, 6.45) is 3.37. The third-order valence-corrected chi connectivity index (χ3v) is 4.41. The fourth-order valence-electron chi connectivity index (χ4n) is 3.16. The standard InChI is InChI=1S/C21H15N5/c1-2-9-16(10-3-1)26-21-18(13-24-26)20(22-14-23-21)25-19-12-6-8-15-7-4-5-11-17(15)19/h1-14H,(H,22,23,25). The Labute approximate surface area is 150 Å². The molecule has 0 atom stereocenters. The van der Waals surface area contributed by atoms with Crippen LogP contribution in [0.2, 0.25) is 0 Å². The zero-order valence-electron chi connectivity index (χ0n) is 13.9. The van der Waals surface area contributed by atoms with Crippen LogP contribution in [0.25, 0.3) is 27.5 Å². The number of nitrogens with zero attached hydrogens (tertiary/aromatic N) is 4. The Hall–Kier alpha value is -3.73. The van der Waals surface area contributed by atoms with Gasteiger partial charge in [-0.05, 0) is 23.6 Å². The van der Waals surface area contributed by atoms with Gasteiger partial charge in [0.05, 0.1) is 17.3 Å². The van der Waals surface area contributed by atoms with Crippen molar-refractivity contribution in [3.63, 3.8) is 0 Å². The van der Waals surface area contributed by atoms with Gasteiger partial charge in [0.25, 0.3) is 0 Å². The van der Waals surface area contributed by atoms with E-state index in [1.165, 1.54) is 5.39 Å². The minimum Gasteiger partial charge on any atom is -0.339 e. The monoisotopic (exact) mass is 337 g/mol. The Kier molecular flexibility index (Phi) is 3.35. The molecule has 0 aliphatic rings. The van der Waals surface area contributed by atoms with Gasteiger partial charge in [-0.3, -0.25) is 0 Å². The highest BCUT2D eigenvalue weighted by Gasteiger charge is 2.12. The minimum absolute atomic E-state index is 0.744. The van der Waals surface area contributed by atoms with Crippen molar-refractivity contribution in [2.24, 2.45) is 0 Å². The van der Waals surface area contributed by atoms with E-state index in [1.54, 1.807) is 12.5 Å². The highest BCUT2D eigenvalue weighted by atomic mass is 15.3. The smallest absolute Gasteiger partial charge is 0.168 e. The number of aromatic nitrogens is 4. The van der Waals surface area contributed by atoms with Crippen LogP contribution in [-0.2, 0) is 0 Å². The van der Waals surface area contributed by atoms with Gasteiger partial charge in [0.1, 0.15) is 12.1 Å². The summed E-state index contributed by atoms with van der Waals surface area (Å²) in [6, 6.07) is 24.4. The van der Waals surface area contributed by atoms with Crippen molar-refractivity contribution in [2.45, 2.75) is 0 Å². The summed E-state index contributed by atoms with van der Waals surface area (Å²) in [6.45, 7) is 0. The molecule has 5 heteroatoms. The molecule has 26 heavy (non-hydrogen) atoms. The molecule has 1 N–H and O–H groups in total. The quantitative estimate of drug-likeness (QED) is 0.518. The number of hydrogen-bond donors (Lipinski definition) is 1. The molecule has 5 aromatic rings. The Morgan fingerprint density at radius 1 is 0.731 bits per heavy atom. The van der Waals surface area contributed by atoms with Gasteiger partial charge in [0.15, 0.2) is 5.65 Å². The first-order chi connectivity index (χ1) is 12.9. The second kappa shape index (κ2) is 5.97. The fraction of sp³-hybridized carbons (Fsp3) is 0. The molecule has 2 aromatic heterocycles. The van der Waals surface area contributed by atoms with Gasteiger partial charge >= 0.3 is 0 Å². The molecule has 0 saturated carbocycles. The van der Waals surface area contributed by atoms with Gasteiger partial charge in [-0.25, -0.2) is 14.6 Å². The Morgan fingerprint density at radius 3 is 2.46 bits per heavy atom. The molecule has 5 rings (SSSR count). The number of benzene rings is 3. The molecule has 3 aromatic carbocycles. The van der Waals surface area contributed by atoms with Crippen LogP contribution in [0.3, 0.4) is 0 Å². The lowest BCUT2D eigenvalue weighted by atomic mass is 10.1. The van der Waals surface area contributed by atoms with E-state index in [2.05, 4.69) is 44.6 Å². The summed E-state index contributed by atoms with van der Waals surface area (Å²) in [5, 5.41) is 11.2. The minimum atomic E-state index is 0.744. The topological polar surface area (TPSA) is 55.6 Å². The number of nitrogens with one attached hydrogen (secondary N) is 1. The molecule has 0 amide bonds. The molecular formula is C21H15N5. The van der Waals surface area contributed by atoms with E-state index < -0.39 is 0 Å². The van der Waals surface area contributed by atoms with Crippen LogP contribution in [0.4, 0.5) is 11.5 Å². The lowest BCUT2D eigenvalue weighted by Crippen LogP contribution is -1.99. The van der Waals surface area contributed by atoms with Gasteiger partial charge in [-0.2, -0.15) is 5.10 Å². The number of hydrogen-bond acceptors (Lipinski definition) is 4. The van der Waals surface area contributed by atoms with Crippen LogP contribution < -0.4 is 5.32 Å². The SMILES string of the molecule is c1ccc(-n2ncc3c(Nc4cccc5ccccc45)ncnc32)cc1. The van der Waals surface area contributed by atoms with Gasteiger partial charge < -0.3 is 5.32 Å². The number of anilines is 2. The molecule has 0 spiro atoms. The number of rotatable bonds is 3. The van der Waals surface area contributed by atoms with E-state index in [4.69, 9.17) is 0 Å². The van der Waals surface area contributed by atoms with E-state index in [9.17, 15) is 0 Å². The summed E-state index contributed by atoms with van der Waals surface area (Å²) >= 11 is 0. The molecule has 0 radical (unpaired) electrons. The molecule has 0 unspecified atom stereocenters. The number of para-hydroxylation sites is 1. The van der Waals surface area contributed by atoms with Gasteiger partial charge in [0, 0.05) is 11.1 Å². The highest BCUT2D eigenvalue weighted by Crippen LogP contribution is 2.29. The van der Waals surface area contributed by atoms with Crippen molar-refractivity contribution in [1.82, 2.24) is 19.7 Å². The summed E-state index contributed by atoms with van der Waals surface area (Å²) in [5.74, 6) is 0.744. The molecule has 0 fully saturated rings. The first kappa shape index (κ1) is 14.6. The Balaban J connectivity index is 1.63. The van der Waals surface area contributed by atoms with Gasteiger partial charge in [0.2, 0.25) is 0 Å². The largest absolute Gasteiger partial charge is 0.339 e. The molecule has 5 nitrogen and oxygen atoms in total. The van der Waals surface area contributed by atoms with Crippen molar-refractivity contribution in [1.29, 1.82) is 0 Å². The van der Waals surface area contributed by atoms with Crippen LogP contribution in [0.1, 0.15) is 0 Å². The Bertz CT molecular complexity index is 1210. The fourth-order valence-corrected chi connectivity index (χ4v) is 3.16. The predicted molar refractivity (Wildman–Crippen MR) is 104 cm³/mol. The summed E-state index contributed by atoms with van der Waals surface area (Å²) in [7, 11) is 0. The van der Waals surface area contributed by atoms with E-state index >= 15 is 0 Å². The maximum Gasteiger partial charge on any atom is 0.168 e. The van der Waals surface area contributed by atoms with E-state index in [1.807, 2.05) is 53.2 Å². The van der Waals surface area contributed by atoms with E-state index in [0.29, 0.717) is 0 Å². The van der Waals surface area contributed by atoms with Crippen molar-refractivity contribution < 1.29 is 0 Å². The maximum atomic E-state index is 4.50. The van der Waals surface area contributed by atoms with Crippen LogP contribution in [0, 0.1) is 0 Å². The Morgan fingerprint density at radius 2 is 1.54 bits per heavy atom. The maximum absolute atomic E-state index is 4.50. The second-order valence-electron chi connectivity index (χ2n) is 6.00. The molecule has 0 aliphatic heterocycles. The number of fused-ring (bicyclic) bond motifs is 2. The molecule has 2 heterocycles. The van der Waals surface area contributed by atoms with Crippen LogP contribution >= 0.6 is 0 Å². The average molecular weight is 337 g/mol. The van der Waals surface area contributed by atoms with Crippen LogP contribution in [0.5, 0.6) is 0 Å². The van der Waals surface area contributed by atoms with Crippen molar-refractivity contribution in [3.05, 3.63) is 85.3 Å². The van der Waals surface area contributed by atoms with Crippen molar-refractivity contribution in [3.8, 4) is 5.69 Å². The lowest BCUT2D eigenvalue weighted by molar-refractivity contribution is 0.895. The molecule has 0 saturated heterocycles. The first-order valence-corrected chi connectivity index (χ1v) is 8.39. The van der Waals surface area contributed by atoms with Crippen molar-refractivity contribution >= 4 is 33.3 Å². The average Bonchev–Trinajstić information content (AvgIpc) is 3.14. The zero-order chi connectivity index (χ0) is 17.3. The van der Waals surface area contributed by atoms with Crippen LogP contribution in [-0.4, -0.2) is 19.7 Å². The third kappa shape index (κ3) is 2.38. The van der Waals surface area contributed by atoms with Gasteiger partial charge in [-0.15, -0.1) is 0 Å².